The minimum Gasteiger partial charge on any atom is -0.507 e. The van der Waals surface area contributed by atoms with Gasteiger partial charge in [0.15, 0.2) is 5.69 Å². The summed E-state index contributed by atoms with van der Waals surface area (Å²) in [5.74, 6) is -0.0553. The number of phenolic OH excluding ortho intramolecular Hbond substituents is 1. The summed E-state index contributed by atoms with van der Waals surface area (Å²) in [6, 6.07) is 16.2. The van der Waals surface area contributed by atoms with Crippen LogP contribution >= 0.6 is 11.8 Å². The molecule has 156 valence electrons. The number of amides is 1. The Morgan fingerprint density at radius 3 is 2.71 bits per heavy atom. The van der Waals surface area contributed by atoms with Gasteiger partial charge in [0.1, 0.15) is 5.75 Å². The van der Waals surface area contributed by atoms with Gasteiger partial charge in [-0.2, -0.15) is 9.78 Å². The molecule has 0 saturated heterocycles. The first-order valence-corrected chi connectivity index (χ1v) is 9.94. The third-order valence-corrected chi connectivity index (χ3v) is 5.12. The molecule has 0 fully saturated rings. The minimum atomic E-state index is -0.586. The van der Waals surface area contributed by atoms with Crippen molar-refractivity contribution in [1.29, 1.82) is 0 Å². The fraction of sp³-hybridized carbons (Fsp3) is 0.0526. The Bertz CT molecular complexity index is 1220. The summed E-state index contributed by atoms with van der Waals surface area (Å²) in [5.41, 5.74) is 9.10. The number of aromatic hydroxyl groups is 1. The lowest BCUT2D eigenvalue weighted by atomic mass is 10.2. The number of thioether (sulfide) groups is 1. The van der Waals surface area contributed by atoms with Crippen molar-refractivity contribution in [3.8, 4) is 11.6 Å². The van der Waals surface area contributed by atoms with Crippen LogP contribution in [0.2, 0.25) is 0 Å². The highest BCUT2D eigenvalue weighted by atomic mass is 32.2. The van der Waals surface area contributed by atoms with E-state index in [0.717, 1.165) is 4.90 Å². The number of benzene rings is 2. The summed E-state index contributed by atoms with van der Waals surface area (Å²) in [6.45, 7) is 0. The van der Waals surface area contributed by atoms with Crippen LogP contribution < -0.4 is 11.2 Å². The van der Waals surface area contributed by atoms with E-state index in [-0.39, 0.29) is 23.1 Å². The molecule has 0 unspecified atom stereocenters. The van der Waals surface area contributed by atoms with Crippen molar-refractivity contribution in [3.63, 3.8) is 0 Å². The number of aromatic nitrogens is 5. The highest BCUT2D eigenvalue weighted by Crippen LogP contribution is 2.25. The number of hydrazone groups is 1. The van der Waals surface area contributed by atoms with Crippen LogP contribution in [0.5, 0.6) is 5.75 Å². The minimum absolute atomic E-state index is 0.0143. The number of nitrogen functional groups attached to an aromatic ring is 1. The Labute approximate surface area is 179 Å². The molecule has 2 aromatic heterocycles. The van der Waals surface area contributed by atoms with Crippen LogP contribution in [0.3, 0.4) is 0 Å². The van der Waals surface area contributed by atoms with Crippen molar-refractivity contribution in [1.82, 2.24) is 30.7 Å². The van der Waals surface area contributed by atoms with Gasteiger partial charge in [0, 0.05) is 16.2 Å². The summed E-state index contributed by atoms with van der Waals surface area (Å²) in [5, 5.41) is 28.9. The SMILES string of the molecule is Nc1nonc1-n1nnc(C(=O)NN=Cc2ccccc2O)c1CSc1ccccc1. The second-order valence-corrected chi connectivity index (χ2v) is 7.18. The van der Waals surface area contributed by atoms with Crippen LogP contribution in [0.4, 0.5) is 5.82 Å². The molecular formula is C19H16N8O3S. The summed E-state index contributed by atoms with van der Waals surface area (Å²) in [6.07, 6.45) is 1.33. The van der Waals surface area contributed by atoms with Crippen LogP contribution in [0.1, 0.15) is 21.7 Å². The first-order valence-electron chi connectivity index (χ1n) is 8.95. The lowest BCUT2D eigenvalue weighted by Gasteiger charge is -2.05. The first kappa shape index (κ1) is 20.1. The predicted molar refractivity (Wildman–Crippen MR) is 113 cm³/mol. The van der Waals surface area contributed by atoms with Crippen molar-refractivity contribution < 1.29 is 14.5 Å². The van der Waals surface area contributed by atoms with Gasteiger partial charge in [-0.15, -0.1) is 16.9 Å². The molecule has 0 aliphatic rings. The Kier molecular flexibility index (Phi) is 5.89. The number of phenols is 1. The second kappa shape index (κ2) is 9.09. The molecule has 0 spiro atoms. The van der Waals surface area contributed by atoms with E-state index in [1.54, 1.807) is 18.2 Å². The Balaban J connectivity index is 1.58. The smallest absolute Gasteiger partial charge is 0.293 e. The van der Waals surface area contributed by atoms with Gasteiger partial charge in [-0.1, -0.05) is 35.5 Å². The predicted octanol–water partition coefficient (Wildman–Crippen LogP) is 1.99. The van der Waals surface area contributed by atoms with Crippen molar-refractivity contribution in [2.24, 2.45) is 5.10 Å². The fourth-order valence-corrected chi connectivity index (χ4v) is 3.51. The Hall–Kier alpha value is -4.19. The van der Waals surface area contributed by atoms with E-state index in [4.69, 9.17) is 5.73 Å². The number of hydrogen-bond donors (Lipinski definition) is 3. The quantitative estimate of drug-likeness (QED) is 0.224. The van der Waals surface area contributed by atoms with Crippen molar-refractivity contribution >= 4 is 29.7 Å². The largest absolute Gasteiger partial charge is 0.507 e. The van der Waals surface area contributed by atoms with E-state index in [1.807, 2.05) is 30.3 Å². The van der Waals surface area contributed by atoms with Gasteiger partial charge >= 0.3 is 0 Å². The van der Waals surface area contributed by atoms with E-state index >= 15 is 0 Å². The summed E-state index contributed by atoms with van der Waals surface area (Å²) in [7, 11) is 0. The molecule has 0 bridgehead atoms. The average molecular weight is 436 g/mol. The number of carbonyl (C=O) groups excluding carboxylic acids is 1. The van der Waals surface area contributed by atoms with Gasteiger partial charge in [-0.05, 0) is 34.6 Å². The molecule has 0 radical (unpaired) electrons. The third kappa shape index (κ3) is 4.53. The van der Waals surface area contributed by atoms with Crippen LogP contribution in [0, 0.1) is 0 Å². The number of carbonyl (C=O) groups is 1. The normalized spacial score (nSPS) is 11.1. The van der Waals surface area contributed by atoms with Crippen molar-refractivity contribution in [2.75, 3.05) is 5.73 Å². The molecule has 1 amide bonds. The molecule has 0 atom stereocenters. The number of nitrogens with two attached hydrogens (primary N) is 1. The third-order valence-electron chi connectivity index (χ3n) is 4.10. The molecule has 11 nitrogen and oxygen atoms in total. The fourth-order valence-electron chi connectivity index (χ4n) is 2.59. The summed E-state index contributed by atoms with van der Waals surface area (Å²) in [4.78, 5) is 13.7. The van der Waals surface area contributed by atoms with Crippen LogP contribution in [-0.2, 0) is 5.75 Å². The van der Waals surface area contributed by atoms with Gasteiger partial charge in [-0.25, -0.2) is 10.1 Å². The summed E-state index contributed by atoms with van der Waals surface area (Å²) < 4.78 is 5.95. The highest BCUT2D eigenvalue weighted by Gasteiger charge is 2.24. The van der Waals surface area contributed by atoms with Gasteiger partial charge in [0.2, 0.25) is 11.6 Å². The molecule has 4 aromatic rings. The maximum atomic E-state index is 12.7. The molecule has 31 heavy (non-hydrogen) atoms. The lowest BCUT2D eigenvalue weighted by Crippen LogP contribution is -2.20. The van der Waals surface area contributed by atoms with E-state index in [2.05, 4.69) is 35.8 Å². The maximum absolute atomic E-state index is 12.7. The van der Waals surface area contributed by atoms with Crippen LogP contribution in [0.25, 0.3) is 5.82 Å². The number of nitrogens with zero attached hydrogens (tertiary/aromatic N) is 6. The van der Waals surface area contributed by atoms with Gasteiger partial charge in [0.25, 0.3) is 5.91 Å². The number of anilines is 1. The Morgan fingerprint density at radius 1 is 1.19 bits per heavy atom. The zero-order valence-electron chi connectivity index (χ0n) is 15.9. The zero-order chi connectivity index (χ0) is 21.6. The Morgan fingerprint density at radius 2 is 1.97 bits per heavy atom. The molecule has 2 heterocycles. The highest BCUT2D eigenvalue weighted by molar-refractivity contribution is 7.98. The van der Waals surface area contributed by atoms with E-state index in [9.17, 15) is 9.90 Å². The summed E-state index contributed by atoms with van der Waals surface area (Å²) >= 11 is 1.48. The zero-order valence-corrected chi connectivity index (χ0v) is 16.7. The number of para-hydroxylation sites is 1. The van der Waals surface area contributed by atoms with E-state index < -0.39 is 5.91 Å². The monoisotopic (exact) mass is 436 g/mol. The number of hydrogen-bond acceptors (Lipinski definition) is 10. The molecule has 0 aliphatic carbocycles. The maximum Gasteiger partial charge on any atom is 0.293 e. The molecule has 12 heteroatoms. The van der Waals surface area contributed by atoms with Gasteiger partial charge < -0.3 is 10.8 Å². The molecular weight excluding hydrogens is 420 g/mol. The lowest BCUT2D eigenvalue weighted by molar-refractivity contribution is 0.0949. The van der Waals surface area contributed by atoms with E-state index in [0.29, 0.717) is 17.0 Å². The first-order chi connectivity index (χ1) is 15.1. The number of nitrogens with one attached hydrogen (secondary N) is 1. The van der Waals surface area contributed by atoms with Gasteiger partial charge in [-0.3, -0.25) is 4.79 Å². The molecule has 0 saturated carbocycles. The van der Waals surface area contributed by atoms with Crippen molar-refractivity contribution in [3.05, 3.63) is 71.5 Å². The average Bonchev–Trinajstić information content (AvgIpc) is 3.40. The van der Waals surface area contributed by atoms with Crippen molar-refractivity contribution in [2.45, 2.75) is 10.6 Å². The topological polar surface area (TPSA) is 157 Å². The van der Waals surface area contributed by atoms with E-state index in [1.165, 1.54) is 28.7 Å². The van der Waals surface area contributed by atoms with Crippen LogP contribution in [0.15, 0.2) is 69.2 Å². The molecule has 4 N–H and O–H groups in total. The molecule has 2 aromatic carbocycles. The van der Waals surface area contributed by atoms with Crippen LogP contribution in [-0.4, -0.2) is 42.5 Å². The second-order valence-electron chi connectivity index (χ2n) is 6.13. The standard InChI is InChI=1S/C19H16N8O3S/c20-17-18(25-30-24-17)27-14(11-31-13-7-2-1-3-8-13)16(22-26-27)19(29)23-21-10-12-6-4-5-9-15(12)28/h1-10,28H,11H2,(H2,20,24)(H,23,29). The number of rotatable bonds is 7. The van der Waals surface area contributed by atoms with Gasteiger partial charge in [0.05, 0.1) is 11.9 Å². The molecule has 0 aliphatic heterocycles. The molecule has 4 rings (SSSR count).